The van der Waals surface area contributed by atoms with E-state index in [0.717, 1.165) is 39.4 Å². The Bertz CT molecular complexity index is 3600. The first-order chi connectivity index (χ1) is 37.1. The minimum absolute atomic E-state index is 0. The molecule has 2 heterocycles. The van der Waals surface area contributed by atoms with Crippen molar-refractivity contribution in [1.82, 2.24) is 14.5 Å². The van der Waals surface area contributed by atoms with Crippen molar-refractivity contribution in [3.8, 4) is 67.5 Å². The standard InChI is InChI=1S/C59H62N3O.Pt/c1-37-22-24-39(25-23-37)41-28-29-60-50(34-41)43-30-42(31-44(32-43)56(2,3)4)46-20-17-21-52-53(46)61-55(47-35-45(57(5,6)7)36-49(54(47)63)59(11,12)13)62(52)51-27-26-40(33-48(51)58(8,9)10)38-18-15-14-16-19-38;/h14-29,31-36,63H,1-13H3;/q-1;/i5D3,6D3,7D3,11D3,12D3,13D3;. The van der Waals surface area contributed by atoms with Gasteiger partial charge in [-0.1, -0.05) is 184 Å². The number of rotatable bonds is 6. The minimum atomic E-state index is -4.13. The number of para-hydroxylation sites is 1. The Labute approximate surface area is 421 Å². The molecule has 0 spiro atoms. The summed E-state index contributed by atoms with van der Waals surface area (Å²) in [6.45, 7) is -10.6. The number of fused-ring (bicyclic) bond motifs is 1. The van der Waals surface area contributed by atoms with Gasteiger partial charge >= 0.3 is 0 Å². The number of hydrogen-bond acceptors (Lipinski definition) is 3. The summed E-state index contributed by atoms with van der Waals surface area (Å²) in [7, 11) is 0. The van der Waals surface area contributed by atoms with E-state index in [1.807, 2.05) is 139 Å². The second-order valence-electron chi connectivity index (χ2n) is 18.5. The number of aromatic hydroxyl groups is 1. The van der Waals surface area contributed by atoms with Crippen molar-refractivity contribution in [2.24, 2.45) is 0 Å². The molecule has 6 aromatic carbocycles. The molecular formula is C59H62N3OPt-. The molecule has 330 valence electrons. The van der Waals surface area contributed by atoms with Gasteiger partial charge in [0.15, 0.2) is 0 Å². The molecule has 0 atom stereocenters. The Hall–Kier alpha value is -5.57. The third-order valence-electron chi connectivity index (χ3n) is 11.5. The molecule has 5 heteroatoms. The second-order valence-corrected chi connectivity index (χ2v) is 18.5. The van der Waals surface area contributed by atoms with E-state index < -0.39 is 91.0 Å². The Balaban J connectivity index is 0.00000968. The molecule has 8 aromatic rings. The Morgan fingerprint density at radius 2 is 1.20 bits per heavy atom. The molecule has 0 unspecified atom stereocenters. The molecule has 8 rings (SSSR count). The average Bonchev–Trinajstić information content (AvgIpc) is 2.11. The van der Waals surface area contributed by atoms with Crippen molar-refractivity contribution in [3.05, 3.63) is 167 Å². The van der Waals surface area contributed by atoms with Crippen LogP contribution < -0.4 is 0 Å². The maximum Gasteiger partial charge on any atom is 0.148 e. The molecule has 0 aliphatic heterocycles. The summed E-state index contributed by atoms with van der Waals surface area (Å²) in [6, 6.07) is 40.6. The van der Waals surface area contributed by atoms with Gasteiger partial charge in [-0.05, 0) is 92.3 Å². The van der Waals surface area contributed by atoms with Crippen molar-refractivity contribution < 1.29 is 50.8 Å². The molecule has 4 nitrogen and oxygen atoms in total. The van der Waals surface area contributed by atoms with Crippen molar-refractivity contribution in [3.63, 3.8) is 0 Å². The molecule has 0 aliphatic rings. The van der Waals surface area contributed by atoms with Crippen LogP contribution in [0.4, 0.5) is 0 Å². The van der Waals surface area contributed by atoms with Gasteiger partial charge in [-0.3, -0.25) is 9.55 Å². The summed E-state index contributed by atoms with van der Waals surface area (Å²) >= 11 is 0. The Morgan fingerprint density at radius 3 is 1.88 bits per heavy atom. The van der Waals surface area contributed by atoms with Crippen molar-refractivity contribution in [2.45, 2.75) is 111 Å². The fourth-order valence-electron chi connectivity index (χ4n) is 7.98. The van der Waals surface area contributed by atoms with E-state index in [1.165, 1.54) is 0 Å². The number of phenolic OH excluding ortho intramolecular Hbond substituents is 1. The monoisotopic (exact) mass is 1040 g/mol. The van der Waals surface area contributed by atoms with Crippen molar-refractivity contribution in [1.29, 1.82) is 0 Å². The third kappa shape index (κ3) is 9.18. The van der Waals surface area contributed by atoms with E-state index in [4.69, 9.17) is 34.6 Å². The SMILES string of the molecule is [2H]C([2H])([2H])C(c1cc(-c2nc3c(-c4[c-]c(-c5cc(-c6ccc(C)cc6)ccn5)cc(C(C)(C)C)c4)cccc3n2-c2ccc(-c3ccccc3)cc2C(C)(C)C)c(O)c(C(C([2H])([2H])[2H])(C([2H])([2H])[2H])C([2H])([2H])[2H])c1)(C([2H])([2H])[2H])C([2H])([2H])[2H].[Pt]. The molecule has 2 aromatic heterocycles. The van der Waals surface area contributed by atoms with E-state index in [2.05, 4.69) is 6.07 Å². The maximum atomic E-state index is 13.0. The van der Waals surface area contributed by atoms with Gasteiger partial charge in [0.25, 0.3) is 0 Å². The van der Waals surface area contributed by atoms with Gasteiger partial charge in [0.1, 0.15) is 11.6 Å². The first-order valence-electron chi connectivity index (χ1n) is 29.8. The molecule has 64 heavy (non-hydrogen) atoms. The topological polar surface area (TPSA) is 50.9 Å². The number of nitrogens with zero attached hydrogens (tertiary/aromatic N) is 3. The number of pyridine rings is 1. The predicted molar refractivity (Wildman–Crippen MR) is 266 cm³/mol. The van der Waals surface area contributed by atoms with E-state index in [9.17, 15) is 5.11 Å². The molecule has 0 bridgehead atoms. The number of hydrogen-bond donors (Lipinski definition) is 1. The Morgan fingerprint density at radius 1 is 0.562 bits per heavy atom. The van der Waals surface area contributed by atoms with Crippen LogP contribution in [0.15, 0.2) is 134 Å². The molecule has 0 amide bonds. The van der Waals surface area contributed by atoms with Gasteiger partial charge in [0.05, 0.1) is 22.3 Å². The summed E-state index contributed by atoms with van der Waals surface area (Å²) in [5.74, 6) is -1.75. The van der Waals surface area contributed by atoms with Gasteiger partial charge in [-0.25, -0.2) is 4.98 Å². The summed E-state index contributed by atoms with van der Waals surface area (Å²) in [4.78, 5) is 9.98. The zero-order chi connectivity index (χ0) is 60.2. The summed E-state index contributed by atoms with van der Waals surface area (Å²) in [6.07, 6.45) is 1.71. The number of aromatic nitrogens is 3. The first-order valence-corrected chi connectivity index (χ1v) is 20.8. The first kappa shape index (κ1) is 28.4. The summed E-state index contributed by atoms with van der Waals surface area (Å²) < 4.78 is 159. The largest absolute Gasteiger partial charge is 0.507 e. The molecule has 0 aliphatic carbocycles. The van der Waals surface area contributed by atoms with E-state index >= 15 is 0 Å². The number of phenols is 1. The van der Waals surface area contributed by atoms with Crippen LogP contribution in [0.25, 0.3) is 72.7 Å². The van der Waals surface area contributed by atoms with Crippen LogP contribution >= 0.6 is 0 Å². The molecule has 0 radical (unpaired) electrons. The van der Waals surface area contributed by atoms with Crippen LogP contribution in [0, 0.1) is 13.0 Å². The van der Waals surface area contributed by atoms with Gasteiger partial charge in [0.2, 0.25) is 0 Å². The molecule has 1 N–H and O–H groups in total. The predicted octanol–water partition coefficient (Wildman–Crippen LogP) is 15.8. The van der Waals surface area contributed by atoms with Crippen LogP contribution in [0.5, 0.6) is 5.75 Å². The number of benzene rings is 6. The fourth-order valence-corrected chi connectivity index (χ4v) is 7.98. The average molecular weight is 1040 g/mol. The smallest absolute Gasteiger partial charge is 0.148 e. The van der Waals surface area contributed by atoms with Crippen LogP contribution in [0.3, 0.4) is 0 Å². The quantitative estimate of drug-likeness (QED) is 0.169. The second kappa shape index (κ2) is 17.1. The number of aryl methyl sites for hydroxylation is 1. The van der Waals surface area contributed by atoms with Gasteiger partial charge in [-0.2, -0.15) is 0 Å². The molecular weight excluding hydrogens is 962 g/mol. The molecule has 0 saturated heterocycles. The van der Waals surface area contributed by atoms with Crippen LogP contribution in [-0.2, 0) is 42.7 Å². The molecule has 0 fully saturated rings. The number of imidazole rings is 1. The zero-order valence-corrected chi connectivity index (χ0v) is 39.1. The minimum Gasteiger partial charge on any atom is -0.507 e. The fraction of sp³-hybridized carbons (Fsp3) is 0.288. The van der Waals surface area contributed by atoms with E-state index in [-0.39, 0.29) is 32.1 Å². The Kier molecular flexibility index (Phi) is 7.58. The van der Waals surface area contributed by atoms with Crippen molar-refractivity contribution in [2.75, 3.05) is 0 Å². The van der Waals surface area contributed by atoms with E-state index in [1.54, 1.807) is 35.0 Å². The van der Waals surface area contributed by atoms with Gasteiger partial charge < -0.3 is 5.11 Å². The molecule has 0 saturated carbocycles. The van der Waals surface area contributed by atoms with E-state index in [0.29, 0.717) is 39.7 Å². The van der Waals surface area contributed by atoms with Crippen LogP contribution in [-0.4, -0.2) is 19.6 Å². The normalized spacial score (nSPS) is 17.7. The van der Waals surface area contributed by atoms with Crippen LogP contribution in [0.2, 0.25) is 0 Å². The van der Waals surface area contributed by atoms with Gasteiger partial charge in [0, 0.05) is 63.2 Å². The van der Waals surface area contributed by atoms with Crippen molar-refractivity contribution >= 4 is 11.0 Å². The van der Waals surface area contributed by atoms with Crippen LogP contribution in [0.1, 0.15) is 135 Å². The summed E-state index contributed by atoms with van der Waals surface area (Å²) in [5, 5.41) is 13.0. The third-order valence-corrected chi connectivity index (χ3v) is 11.5. The van der Waals surface area contributed by atoms with Gasteiger partial charge in [-0.15, -0.1) is 29.3 Å². The zero-order valence-electron chi connectivity index (χ0n) is 54.8. The summed E-state index contributed by atoms with van der Waals surface area (Å²) in [5.41, 5.74) is -3.82. The maximum absolute atomic E-state index is 13.0.